The molecule has 0 spiro atoms. The molecule has 4 heterocycles. The minimum Gasteiger partial charge on any atom is -0.368 e. The van der Waals surface area contributed by atoms with Crippen molar-refractivity contribution in [3.8, 4) is 0 Å². The molecule has 1 aromatic carbocycles. The van der Waals surface area contributed by atoms with E-state index in [1.165, 1.54) is 5.69 Å². The van der Waals surface area contributed by atoms with Gasteiger partial charge in [0.25, 0.3) is 0 Å². The highest BCUT2D eigenvalue weighted by Gasteiger charge is 2.33. The predicted molar refractivity (Wildman–Crippen MR) is 107 cm³/mol. The fourth-order valence-electron chi connectivity index (χ4n) is 4.33. The van der Waals surface area contributed by atoms with Gasteiger partial charge in [-0.25, -0.2) is 4.79 Å². The van der Waals surface area contributed by atoms with Crippen molar-refractivity contribution in [1.82, 2.24) is 25.3 Å². The lowest BCUT2D eigenvalue weighted by molar-refractivity contribution is -0.120. The first kappa shape index (κ1) is 17.4. The second-order valence-corrected chi connectivity index (χ2v) is 7.75. The van der Waals surface area contributed by atoms with Crippen LogP contribution < -0.4 is 20.4 Å². The molecule has 3 saturated heterocycles. The van der Waals surface area contributed by atoms with Crippen LogP contribution in [0, 0.1) is 0 Å². The third-order valence-corrected chi connectivity index (χ3v) is 6.02. The predicted octanol–water partition coefficient (Wildman–Crippen LogP) is 0.113. The molecule has 3 aliphatic rings. The average Bonchev–Trinajstić information content (AvgIpc) is 2.98. The lowest BCUT2D eigenvalue weighted by Gasteiger charge is -2.48. The van der Waals surface area contributed by atoms with Gasteiger partial charge in [-0.05, 0) is 18.2 Å². The van der Waals surface area contributed by atoms with Gasteiger partial charge in [0.05, 0.1) is 5.52 Å². The molecule has 0 bridgehead atoms. The number of nitrogens with zero attached hydrogens (tertiary/aromatic N) is 5. The number of carbonyl (C=O) groups excluding carboxylic acids is 2. The number of fused-ring (bicyclic) bond motifs is 1. The summed E-state index contributed by atoms with van der Waals surface area (Å²) < 4.78 is 1.81. The minimum atomic E-state index is -0.401. The van der Waals surface area contributed by atoms with Crippen LogP contribution in [-0.2, 0) is 11.8 Å². The number of piperazine rings is 1. The fraction of sp³-hybridized carbons (Fsp3) is 0.526. The Bertz CT molecular complexity index is 928. The lowest BCUT2D eigenvalue weighted by atomic mass is 10.0. The molecular weight excluding hydrogens is 358 g/mol. The third-order valence-electron chi connectivity index (χ3n) is 6.02. The van der Waals surface area contributed by atoms with E-state index in [-0.39, 0.29) is 5.91 Å². The second-order valence-electron chi connectivity index (χ2n) is 7.75. The SMILES string of the molecule is Cn1nc(N2CCC(=O)NC2=O)c2ccc(N3CC(N4CCNCC4)C3)cc21. The molecule has 0 aliphatic carbocycles. The molecular formula is C19H25N7O2. The topological polar surface area (TPSA) is 85.7 Å². The molecule has 2 aromatic rings. The van der Waals surface area contributed by atoms with Crippen molar-refractivity contribution in [2.45, 2.75) is 12.5 Å². The van der Waals surface area contributed by atoms with Crippen molar-refractivity contribution < 1.29 is 9.59 Å². The fourth-order valence-corrected chi connectivity index (χ4v) is 4.33. The first-order valence-electron chi connectivity index (χ1n) is 9.88. The van der Waals surface area contributed by atoms with Crippen LogP contribution in [0.4, 0.5) is 16.3 Å². The minimum absolute atomic E-state index is 0.236. The van der Waals surface area contributed by atoms with Gasteiger partial charge in [-0.1, -0.05) is 0 Å². The summed E-state index contributed by atoms with van der Waals surface area (Å²) >= 11 is 0. The van der Waals surface area contributed by atoms with Crippen molar-refractivity contribution in [3.05, 3.63) is 18.2 Å². The monoisotopic (exact) mass is 383 g/mol. The van der Waals surface area contributed by atoms with Crippen molar-refractivity contribution in [3.63, 3.8) is 0 Å². The highest BCUT2D eigenvalue weighted by atomic mass is 16.2. The Balaban J connectivity index is 1.35. The Labute approximate surface area is 163 Å². The van der Waals surface area contributed by atoms with E-state index in [1.807, 2.05) is 17.8 Å². The normalized spacial score (nSPS) is 21.9. The maximum Gasteiger partial charge on any atom is 0.329 e. The molecule has 148 valence electrons. The number of urea groups is 1. The molecule has 0 saturated carbocycles. The van der Waals surface area contributed by atoms with Crippen LogP contribution in [0.2, 0.25) is 0 Å². The molecule has 9 heteroatoms. The Kier molecular flexibility index (Phi) is 4.21. The van der Waals surface area contributed by atoms with Crippen LogP contribution in [0.15, 0.2) is 18.2 Å². The highest BCUT2D eigenvalue weighted by Crippen LogP contribution is 2.32. The summed E-state index contributed by atoms with van der Waals surface area (Å²) in [4.78, 5) is 30.1. The van der Waals surface area contributed by atoms with E-state index in [4.69, 9.17) is 0 Å². The van der Waals surface area contributed by atoms with E-state index in [1.54, 1.807) is 4.90 Å². The zero-order chi connectivity index (χ0) is 19.3. The highest BCUT2D eigenvalue weighted by molar-refractivity contribution is 6.09. The average molecular weight is 383 g/mol. The smallest absolute Gasteiger partial charge is 0.329 e. The number of hydrogen-bond acceptors (Lipinski definition) is 6. The third kappa shape index (κ3) is 2.91. The number of rotatable bonds is 3. The summed E-state index contributed by atoms with van der Waals surface area (Å²) in [6, 6.07) is 6.52. The molecule has 1 aromatic heterocycles. The van der Waals surface area contributed by atoms with Crippen LogP contribution in [-0.4, -0.2) is 78.5 Å². The number of carbonyl (C=O) groups is 2. The number of amides is 3. The van der Waals surface area contributed by atoms with Crippen molar-refractivity contribution in [2.75, 3.05) is 55.6 Å². The Morgan fingerprint density at radius 3 is 2.64 bits per heavy atom. The van der Waals surface area contributed by atoms with Crippen molar-refractivity contribution in [2.24, 2.45) is 7.05 Å². The van der Waals surface area contributed by atoms with Crippen LogP contribution in [0.25, 0.3) is 10.9 Å². The summed E-state index contributed by atoms with van der Waals surface area (Å²) in [7, 11) is 1.89. The molecule has 5 rings (SSSR count). The van der Waals surface area contributed by atoms with E-state index >= 15 is 0 Å². The number of hydrogen-bond donors (Lipinski definition) is 2. The Hall–Kier alpha value is -2.65. The summed E-state index contributed by atoms with van der Waals surface area (Å²) in [5.74, 6) is 0.372. The molecule has 3 aliphatic heterocycles. The van der Waals surface area contributed by atoms with Gasteiger partial charge in [0.1, 0.15) is 0 Å². The number of imide groups is 1. The van der Waals surface area contributed by atoms with Gasteiger partial charge in [-0.3, -0.25) is 24.6 Å². The van der Waals surface area contributed by atoms with E-state index in [0.717, 1.165) is 50.2 Å². The number of benzene rings is 1. The van der Waals surface area contributed by atoms with Gasteiger partial charge < -0.3 is 10.2 Å². The summed E-state index contributed by atoms with van der Waals surface area (Å²) in [5.41, 5.74) is 2.18. The molecule has 2 N–H and O–H groups in total. The van der Waals surface area contributed by atoms with E-state index in [2.05, 4.69) is 37.7 Å². The van der Waals surface area contributed by atoms with Gasteiger partial charge in [0.15, 0.2) is 5.82 Å². The summed E-state index contributed by atoms with van der Waals surface area (Å²) in [6.07, 6.45) is 0.295. The summed E-state index contributed by atoms with van der Waals surface area (Å²) in [5, 5.41) is 11.3. The number of anilines is 2. The van der Waals surface area contributed by atoms with E-state index < -0.39 is 6.03 Å². The zero-order valence-electron chi connectivity index (χ0n) is 16.0. The molecule has 3 amide bonds. The van der Waals surface area contributed by atoms with Crippen LogP contribution in [0.1, 0.15) is 6.42 Å². The maximum atomic E-state index is 12.2. The second kappa shape index (κ2) is 6.75. The number of nitrogens with one attached hydrogen (secondary N) is 2. The van der Waals surface area contributed by atoms with Gasteiger partial charge in [-0.2, -0.15) is 5.10 Å². The Morgan fingerprint density at radius 2 is 1.89 bits per heavy atom. The van der Waals surface area contributed by atoms with Crippen molar-refractivity contribution in [1.29, 1.82) is 0 Å². The van der Waals surface area contributed by atoms with Crippen molar-refractivity contribution >= 4 is 34.3 Å². The van der Waals surface area contributed by atoms with Crippen LogP contribution in [0.3, 0.4) is 0 Å². The first-order chi connectivity index (χ1) is 13.6. The number of aromatic nitrogens is 2. The molecule has 9 nitrogen and oxygen atoms in total. The zero-order valence-corrected chi connectivity index (χ0v) is 16.0. The van der Waals surface area contributed by atoms with Gasteiger partial charge in [0.2, 0.25) is 5.91 Å². The first-order valence-corrected chi connectivity index (χ1v) is 9.88. The van der Waals surface area contributed by atoms with Gasteiger partial charge >= 0.3 is 6.03 Å². The largest absolute Gasteiger partial charge is 0.368 e. The van der Waals surface area contributed by atoms with Crippen LogP contribution >= 0.6 is 0 Å². The van der Waals surface area contributed by atoms with Gasteiger partial charge in [-0.15, -0.1) is 0 Å². The molecule has 0 radical (unpaired) electrons. The molecule has 28 heavy (non-hydrogen) atoms. The maximum absolute atomic E-state index is 12.2. The van der Waals surface area contributed by atoms with Crippen LogP contribution in [0.5, 0.6) is 0 Å². The van der Waals surface area contributed by atoms with E-state index in [0.29, 0.717) is 24.8 Å². The van der Waals surface area contributed by atoms with E-state index in [9.17, 15) is 9.59 Å². The molecule has 0 unspecified atom stereocenters. The van der Waals surface area contributed by atoms with Gasteiger partial charge in [0, 0.05) is 76.4 Å². The molecule has 3 fully saturated rings. The standard InChI is InChI=1S/C19H25N7O2/c1-23-16-10-13(25-11-14(12-25)24-8-5-20-6-9-24)2-3-15(16)18(22-23)26-7-4-17(27)21-19(26)28/h2-3,10,14,20H,4-9,11-12H2,1H3,(H,21,27,28). The Morgan fingerprint density at radius 1 is 1.11 bits per heavy atom. The number of aryl methyl sites for hydroxylation is 1. The quantitative estimate of drug-likeness (QED) is 0.783. The lowest BCUT2D eigenvalue weighted by Crippen LogP contribution is -2.62. The summed E-state index contributed by atoms with van der Waals surface area (Å²) in [6.45, 7) is 6.87. The molecule has 0 atom stereocenters.